The second-order valence-electron chi connectivity index (χ2n) is 5.47. The molecule has 5 rings (SSSR count). The Hall–Kier alpha value is -2.67. The first-order valence-corrected chi connectivity index (χ1v) is 6.75. The Balaban J connectivity index is 2.22. The molecule has 0 atom stereocenters. The highest BCUT2D eigenvalue weighted by Crippen LogP contribution is 2.37. The topological polar surface area (TPSA) is 17.1 Å². The van der Waals surface area contributed by atoms with E-state index in [1.54, 1.807) is 12.1 Å². The van der Waals surface area contributed by atoms with Crippen LogP contribution in [0.15, 0.2) is 65.5 Å². The molecular weight excluding hydrogens is 244 g/mol. The molecule has 0 unspecified atom stereocenters. The molecule has 0 aliphatic rings. The monoisotopic (exact) mass is 254 g/mol. The Labute approximate surface area is 114 Å². The lowest BCUT2D eigenvalue weighted by Gasteiger charge is -1.99. The highest BCUT2D eigenvalue weighted by molar-refractivity contribution is 6.26. The Kier molecular flexibility index (Phi) is 1.65. The van der Waals surface area contributed by atoms with Crippen molar-refractivity contribution in [2.45, 2.75) is 0 Å². The first kappa shape index (κ1) is 10.2. The molecule has 0 heterocycles. The van der Waals surface area contributed by atoms with Crippen molar-refractivity contribution in [3.8, 4) is 0 Å². The SMILES string of the molecule is O=c1cc2ccc3cc4cccc4cc4cc(c1)c2c34. The van der Waals surface area contributed by atoms with Crippen LogP contribution in [0.3, 0.4) is 0 Å². The van der Waals surface area contributed by atoms with Crippen LogP contribution < -0.4 is 5.43 Å². The fourth-order valence-electron chi connectivity index (χ4n) is 3.43. The zero-order valence-corrected chi connectivity index (χ0v) is 10.7. The van der Waals surface area contributed by atoms with Crippen LogP contribution in [-0.4, -0.2) is 0 Å². The minimum atomic E-state index is 0.0822. The summed E-state index contributed by atoms with van der Waals surface area (Å²) in [6, 6.07) is 20.6. The van der Waals surface area contributed by atoms with E-state index in [0.29, 0.717) is 0 Å². The van der Waals surface area contributed by atoms with E-state index in [2.05, 4.69) is 48.5 Å². The Morgan fingerprint density at radius 3 is 1.75 bits per heavy atom. The first-order chi connectivity index (χ1) is 9.79. The smallest absolute Gasteiger partial charge is 0.179 e. The number of hydrogen-bond acceptors (Lipinski definition) is 1. The van der Waals surface area contributed by atoms with Gasteiger partial charge in [-0.15, -0.1) is 0 Å². The lowest BCUT2D eigenvalue weighted by Crippen LogP contribution is -1.94. The summed E-state index contributed by atoms with van der Waals surface area (Å²) in [5.41, 5.74) is 0.0822. The van der Waals surface area contributed by atoms with E-state index >= 15 is 0 Å². The lowest BCUT2D eigenvalue weighted by molar-refractivity contribution is 1.70. The van der Waals surface area contributed by atoms with Crippen LogP contribution in [0.2, 0.25) is 0 Å². The summed E-state index contributed by atoms with van der Waals surface area (Å²) in [4.78, 5) is 11.8. The summed E-state index contributed by atoms with van der Waals surface area (Å²) in [5.74, 6) is 0. The van der Waals surface area contributed by atoms with E-state index in [4.69, 9.17) is 0 Å². The largest absolute Gasteiger partial charge is 0.290 e. The zero-order valence-electron chi connectivity index (χ0n) is 10.7. The molecule has 1 heteroatoms. The predicted molar refractivity (Wildman–Crippen MR) is 85.1 cm³/mol. The summed E-state index contributed by atoms with van der Waals surface area (Å²) >= 11 is 0. The number of fused-ring (bicyclic) bond motifs is 1. The average molecular weight is 254 g/mol. The van der Waals surface area contributed by atoms with Gasteiger partial charge in [0.2, 0.25) is 0 Å². The predicted octanol–water partition coefficient (Wildman–Crippen LogP) is 4.54. The van der Waals surface area contributed by atoms with Crippen molar-refractivity contribution in [1.29, 1.82) is 0 Å². The van der Waals surface area contributed by atoms with Crippen LogP contribution in [0.4, 0.5) is 0 Å². The van der Waals surface area contributed by atoms with Crippen molar-refractivity contribution in [3.05, 3.63) is 70.9 Å². The maximum Gasteiger partial charge on any atom is 0.179 e. The van der Waals surface area contributed by atoms with Gasteiger partial charge in [0.1, 0.15) is 0 Å². The van der Waals surface area contributed by atoms with E-state index in [-0.39, 0.29) is 5.43 Å². The zero-order chi connectivity index (χ0) is 13.3. The van der Waals surface area contributed by atoms with Crippen LogP contribution in [0.25, 0.3) is 43.1 Å². The molecular formula is C19H10O. The highest BCUT2D eigenvalue weighted by atomic mass is 16.1. The molecule has 0 saturated carbocycles. The molecule has 0 N–H and O–H groups in total. The fraction of sp³-hybridized carbons (Fsp3) is 0. The minimum absolute atomic E-state index is 0.0822. The lowest BCUT2D eigenvalue weighted by atomic mass is 10.0. The molecule has 92 valence electrons. The second-order valence-corrected chi connectivity index (χ2v) is 5.47. The third kappa shape index (κ3) is 1.15. The van der Waals surface area contributed by atoms with Gasteiger partial charge < -0.3 is 0 Å². The van der Waals surface area contributed by atoms with Crippen molar-refractivity contribution in [2.24, 2.45) is 0 Å². The summed E-state index contributed by atoms with van der Waals surface area (Å²) in [6.45, 7) is 0. The van der Waals surface area contributed by atoms with E-state index in [0.717, 1.165) is 10.8 Å². The number of hydrogen-bond donors (Lipinski definition) is 0. The van der Waals surface area contributed by atoms with Crippen LogP contribution in [0, 0.1) is 0 Å². The highest BCUT2D eigenvalue weighted by Gasteiger charge is 2.11. The molecule has 20 heavy (non-hydrogen) atoms. The van der Waals surface area contributed by atoms with Crippen molar-refractivity contribution in [3.63, 3.8) is 0 Å². The number of benzene rings is 2. The van der Waals surface area contributed by atoms with Crippen LogP contribution in [0.5, 0.6) is 0 Å². The van der Waals surface area contributed by atoms with E-state index in [1.165, 1.54) is 32.3 Å². The van der Waals surface area contributed by atoms with Gasteiger partial charge in [0.05, 0.1) is 0 Å². The minimum Gasteiger partial charge on any atom is -0.290 e. The first-order valence-electron chi connectivity index (χ1n) is 6.75. The fourth-order valence-corrected chi connectivity index (χ4v) is 3.43. The van der Waals surface area contributed by atoms with Gasteiger partial charge in [-0.25, -0.2) is 0 Å². The molecule has 0 bridgehead atoms. The van der Waals surface area contributed by atoms with Crippen molar-refractivity contribution in [1.82, 2.24) is 0 Å². The van der Waals surface area contributed by atoms with Crippen molar-refractivity contribution < 1.29 is 0 Å². The molecule has 0 saturated heterocycles. The second kappa shape index (κ2) is 3.26. The quantitative estimate of drug-likeness (QED) is 0.396. The third-order valence-corrected chi connectivity index (χ3v) is 4.26. The maximum absolute atomic E-state index is 11.8. The van der Waals surface area contributed by atoms with Crippen LogP contribution >= 0.6 is 0 Å². The maximum atomic E-state index is 11.8. The molecule has 0 spiro atoms. The van der Waals surface area contributed by atoms with Gasteiger partial charge >= 0.3 is 0 Å². The van der Waals surface area contributed by atoms with Gasteiger partial charge in [-0.2, -0.15) is 0 Å². The van der Waals surface area contributed by atoms with E-state index in [9.17, 15) is 4.79 Å². The van der Waals surface area contributed by atoms with Gasteiger partial charge in [-0.3, -0.25) is 4.79 Å². The van der Waals surface area contributed by atoms with Gasteiger partial charge in [0.15, 0.2) is 5.43 Å². The molecule has 1 nitrogen and oxygen atoms in total. The molecule has 5 aromatic carbocycles. The Bertz CT molecular complexity index is 1150. The van der Waals surface area contributed by atoms with E-state index in [1.807, 2.05) is 0 Å². The van der Waals surface area contributed by atoms with E-state index < -0.39 is 0 Å². The van der Waals surface area contributed by atoms with Crippen molar-refractivity contribution in [2.75, 3.05) is 0 Å². The third-order valence-electron chi connectivity index (χ3n) is 4.26. The average Bonchev–Trinajstić information content (AvgIpc) is 2.96. The summed E-state index contributed by atoms with van der Waals surface area (Å²) in [7, 11) is 0. The van der Waals surface area contributed by atoms with Crippen LogP contribution in [-0.2, 0) is 0 Å². The van der Waals surface area contributed by atoms with Crippen LogP contribution in [0.1, 0.15) is 0 Å². The normalized spacial score (nSPS) is 12.2. The van der Waals surface area contributed by atoms with Gasteiger partial charge in [-0.1, -0.05) is 30.3 Å². The molecule has 0 fully saturated rings. The summed E-state index contributed by atoms with van der Waals surface area (Å²) in [6.07, 6.45) is 0. The van der Waals surface area contributed by atoms with Gasteiger partial charge in [-0.05, 0) is 73.4 Å². The summed E-state index contributed by atoms with van der Waals surface area (Å²) < 4.78 is 0. The molecule has 5 aromatic rings. The standard InChI is InChI=1S/C19H10O/c20-17-9-14-5-4-13-6-11-2-1-3-12(11)7-15-8-16(10-17)19(14)18(13)15/h1-10H. The molecule has 0 aliphatic carbocycles. The molecule has 0 amide bonds. The molecule has 0 aromatic heterocycles. The molecule has 0 aliphatic heterocycles. The summed E-state index contributed by atoms with van der Waals surface area (Å²) in [5, 5.41) is 9.55. The Morgan fingerprint density at radius 1 is 0.500 bits per heavy atom. The number of rotatable bonds is 0. The Morgan fingerprint density at radius 2 is 1.00 bits per heavy atom. The molecule has 0 radical (unpaired) electrons. The van der Waals surface area contributed by atoms with Crippen molar-refractivity contribution >= 4 is 43.1 Å². The van der Waals surface area contributed by atoms with Gasteiger partial charge in [0, 0.05) is 0 Å². The van der Waals surface area contributed by atoms with Gasteiger partial charge in [0.25, 0.3) is 0 Å².